The molecule has 1 N–H and O–H groups in total. The second kappa shape index (κ2) is 5.75. The van der Waals surface area contributed by atoms with Crippen LogP contribution in [0.15, 0.2) is 65.7 Å². The first-order valence-corrected chi connectivity index (χ1v) is 6.58. The van der Waals surface area contributed by atoms with Gasteiger partial charge in [-0.15, -0.1) is 0 Å². The number of hydrogen-bond acceptors (Lipinski definition) is 1. The van der Waals surface area contributed by atoms with Crippen LogP contribution in [0.2, 0.25) is 0 Å². The number of allylic oxidation sites excluding steroid dienone is 2. The quantitative estimate of drug-likeness (QED) is 0.772. The molecule has 2 rings (SSSR count). The molecule has 0 aliphatic heterocycles. The average molecular weight is 252 g/mol. The lowest BCUT2D eigenvalue weighted by Crippen LogP contribution is -2.04. The van der Waals surface area contributed by atoms with Gasteiger partial charge >= 0.3 is 0 Å². The third kappa shape index (κ3) is 2.87. The van der Waals surface area contributed by atoms with Crippen LogP contribution in [-0.4, -0.2) is 5.11 Å². The van der Waals surface area contributed by atoms with Crippen molar-refractivity contribution in [1.29, 1.82) is 0 Å². The summed E-state index contributed by atoms with van der Waals surface area (Å²) in [5.74, 6) is 0.476. The Balaban J connectivity index is 2.60. The highest BCUT2D eigenvalue weighted by atomic mass is 16.3. The van der Waals surface area contributed by atoms with Gasteiger partial charge in [-0.1, -0.05) is 59.7 Å². The Hall–Kier alpha value is -2.02. The molecule has 98 valence electrons. The van der Waals surface area contributed by atoms with Crippen LogP contribution < -0.4 is 0 Å². The van der Waals surface area contributed by atoms with Gasteiger partial charge in [-0.25, -0.2) is 0 Å². The van der Waals surface area contributed by atoms with Gasteiger partial charge in [-0.3, -0.25) is 0 Å². The molecule has 1 atom stereocenters. The molecule has 19 heavy (non-hydrogen) atoms. The highest BCUT2D eigenvalue weighted by molar-refractivity contribution is 5.47. The monoisotopic (exact) mass is 252 g/mol. The third-order valence-corrected chi connectivity index (χ3v) is 3.60. The average Bonchev–Trinajstić information content (AvgIpc) is 2.42. The van der Waals surface area contributed by atoms with E-state index in [1.54, 1.807) is 6.07 Å². The van der Waals surface area contributed by atoms with Gasteiger partial charge < -0.3 is 5.11 Å². The van der Waals surface area contributed by atoms with Crippen molar-refractivity contribution in [3.8, 4) is 5.75 Å². The van der Waals surface area contributed by atoms with Gasteiger partial charge in [0.2, 0.25) is 0 Å². The summed E-state index contributed by atoms with van der Waals surface area (Å²) in [5, 5.41) is 10.2. The number of phenols is 1. The van der Waals surface area contributed by atoms with E-state index < -0.39 is 0 Å². The van der Waals surface area contributed by atoms with Crippen LogP contribution in [0.1, 0.15) is 37.8 Å². The van der Waals surface area contributed by atoms with Crippen LogP contribution in [0, 0.1) is 0 Å². The van der Waals surface area contributed by atoms with Crippen LogP contribution in [0.25, 0.3) is 0 Å². The highest BCUT2D eigenvalue weighted by Gasteiger charge is 2.19. The molecular weight excluding hydrogens is 232 g/mol. The number of aromatic hydroxyl groups is 1. The zero-order valence-electron chi connectivity index (χ0n) is 11.7. The summed E-state index contributed by atoms with van der Waals surface area (Å²) in [4.78, 5) is 0. The lowest BCUT2D eigenvalue weighted by molar-refractivity contribution is 0.467. The van der Waals surface area contributed by atoms with Crippen LogP contribution in [-0.2, 0) is 0 Å². The Kier molecular flexibility index (Phi) is 4.06. The lowest BCUT2D eigenvalue weighted by Gasteiger charge is -2.21. The topological polar surface area (TPSA) is 20.2 Å². The number of benzene rings is 2. The normalized spacial score (nSPS) is 11.9. The number of hydrogen-bond donors (Lipinski definition) is 1. The van der Waals surface area contributed by atoms with Crippen molar-refractivity contribution in [2.45, 2.75) is 26.7 Å². The standard InChI is InChI=1S/C18H20O/c1-13(2)14(3)18(15-9-5-4-6-10-15)16-11-7-8-12-17(16)19/h4-12,18-19H,1-3H3. The summed E-state index contributed by atoms with van der Waals surface area (Å²) >= 11 is 0. The summed E-state index contributed by atoms with van der Waals surface area (Å²) in [6.45, 7) is 6.37. The summed E-state index contributed by atoms with van der Waals surface area (Å²) in [6, 6.07) is 17.9. The van der Waals surface area contributed by atoms with E-state index in [4.69, 9.17) is 0 Å². The van der Waals surface area contributed by atoms with Gasteiger partial charge in [0.15, 0.2) is 0 Å². The van der Waals surface area contributed by atoms with Crippen molar-refractivity contribution in [3.63, 3.8) is 0 Å². The molecule has 0 spiro atoms. The number of rotatable bonds is 3. The van der Waals surface area contributed by atoms with Crippen molar-refractivity contribution in [2.75, 3.05) is 0 Å². The predicted molar refractivity (Wildman–Crippen MR) is 80.4 cm³/mol. The van der Waals surface area contributed by atoms with Gasteiger partial charge in [0, 0.05) is 11.5 Å². The minimum Gasteiger partial charge on any atom is -0.508 e. The van der Waals surface area contributed by atoms with Gasteiger partial charge in [-0.2, -0.15) is 0 Å². The van der Waals surface area contributed by atoms with Gasteiger partial charge in [0.1, 0.15) is 5.75 Å². The van der Waals surface area contributed by atoms with Crippen LogP contribution in [0.3, 0.4) is 0 Å². The Morgan fingerprint density at radius 1 is 0.842 bits per heavy atom. The molecule has 1 unspecified atom stereocenters. The molecule has 0 aromatic heterocycles. The molecule has 0 fully saturated rings. The van der Waals surface area contributed by atoms with E-state index in [0.717, 1.165) is 5.56 Å². The summed E-state index contributed by atoms with van der Waals surface area (Å²) in [7, 11) is 0. The maximum absolute atomic E-state index is 10.2. The molecule has 1 nitrogen and oxygen atoms in total. The largest absolute Gasteiger partial charge is 0.508 e. The van der Waals surface area contributed by atoms with Gasteiger partial charge in [-0.05, 0) is 32.4 Å². The minimum absolute atomic E-state index is 0.118. The first kappa shape index (κ1) is 13.4. The smallest absolute Gasteiger partial charge is 0.119 e. The second-order valence-corrected chi connectivity index (χ2v) is 5.09. The van der Waals surface area contributed by atoms with E-state index >= 15 is 0 Å². The van der Waals surface area contributed by atoms with Crippen molar-refractivity contribution in [1.82, 2.24) is 0 Å². The summed E-state index contributed by atoms with van der Waals surface area (Å²) in [5.41, 5.74) is 4.75. The molecule has 2 aromatic carbocycles. The molecule has 0 saturated carbocycles. The molecule has 0 bridgehead atoms. The van der Waals surface area contributed by atoms with Crippen molar-refractivity contribution in [3.05, 3.63) is 76.9 Å². The third-order valence-electron chi connectivity index (χ3n) is 3.60. The molecule has 0 aliphatic rings. The highest BCUT2D eigenvalue weighted by Crippen LogP contribution is 2.37. The minimum atomic E-state index is 0.118. The molecule has 0 saturated heterocycles. The summed E-state index contributed by atoms with van der Waals surface area (Å²) in [6.07, 6.45) is 0. The van der Waals surface area contributed by atoms with Crippen molar-refractivity contribution >= 4 is 0 Å². The number of phenolic OH excluding ortho intramolecular Hbond substituents is 1. The predicted octanol–water partition coefficient (Wildman–Crippen LogP) is 4.88. The molecule has 0 radical (unpaired) electrons. The molecule has 2 aromatic rings. The summed E-state index contributed by atoms with van der Waals surface area (Å²) < 4.78 is 0. The van der Waals surface area contributed by atoms with Crippen LogP contribution in [0.5, 0.6) is 5.75 Å². The Labute approximate surface area is 115 Å². The Bertz CT molecular complexity index is 578. The maximum atomic E-state index is 10.2. The zero-order chi connectivity index (χ0) is 13.8. The molecule has 0 amide bonds. The van der Waals surface area contributed by atoms with E-state index in [2.05, 4.69) is 32.9 Å². The van der Waals surface area contributed by atoms with Gasteiger partial charge in [0.25, 0.3) is 0 Å². The first-order valence-electron chi connectivity index (χ1n) is 6.58. The van der Waals surface area contributed by atoms with Crippen molar-refractivity contribution in [2.24, 2.45) is 0 Å². The fraction of sp³-hybridized carbons (Fsp3) is 0.222. The SMILES string of the molecule is CC(C)=C(C)C(c1ccccc1)c1ccccc1O. The van der Waals surface area contributed by atoms with E-state index in [1.165, 1.54) is 16.7 Å². The zero-order valence-corrected chi connectivity index (χ0v) is 11.7. The fourth-order valence-electron chi connectivity index (χ4n) is 2.33. The van der Waals surface area contributed by atoms with Crippen molar-refractivity contribution < 1.29 is 5.11 Å². The maximum Gasteiger partial charge on any atom is 0.119 e. The number of para-hydroxylation sites is 1. The Morgan fingerprint density at radius 3 is 2.00 bits per heavy atom. The van der Waals surface area contributed by atoms with Crippen LogP contribution >= 0.6 is 0 Å². The van der Waals surface area contributed by atoms with E-state index in [9.17, 15) is 5.11 Å². The molecule has 0 heterocycles. The molecule has 1 heteroatoms. The molecule has 0 aliphatic carbocycles. The Morgan fingerprint density at radius 2 is 1.42 bits per heavy atom. The van der Waals surface area contributed by atoms with E-state index in [-0.39, 0.29) is 5.92 Å². The second-order valence-electron chi connectivity index (χ2n) is 5.09. The molecular formula is C18H20O. The lowest BCUT2D eigenvalue weighted by atomic mass is 9.83. The first-order chi connectivity index (χ1) is 9.11. The van der Waals surface area contributed by atoms with Gasteiger partial charge in [0.05, 0.1) is 0 Å². The van der Waals surface area contributed by atoms with E-state index in [0.29, 0.717) is 5.75 Å². The fourth-order valence-corrected chi connectivity index (χ4v) is 2.33. The van der Waals surface area contributed by atoms with Crippen LogP contribution in [0.4, 0.5) is 0 Å². The van der Waals surface area contributed by atoms with E-state index in [1.807, 2.05) is 36.4 Å².